The van der Waals surface area contributed by atoms with Gasteiger partial charge in [0, 0.05) is 6.54 Å². The van der Waals surface area contributed by atoms with Crippen LogP contribution in [0.2, 0.25) is 0 Å². The number of halogens is 1. The fraction of sp³-hybridized carbons (Fsp3) is 0.167. The zero-order chi connectivity index (χ0) is 17.5. The van der Waals surface area contributed by atoms with Gasteiger partial charge in [-0.3, -0.25) is 9.36 Å². The van der Waals surface area contributed by atoms with E-state index < -0.39 is 0 Å². The number of rotatable bonds is 7. The number of para-hydroxylation sites is 1. The molecule has 0 saturated heterocycles. The van der Waals surface area contributed by atoms with E-state index in [4.69, 9.17) is 0 Å². The first-order valence-corrected chi connectivity index (χ1v) is 8.81. The molecule has 0 radical (unpaired) electrons. The highest BCUT2D eigenvalue weighted by Gasteiger charge is 2.12. The second-order valence-corrected chi connectivity index (χ2v) is 6.25. The van der Waals surface area contributed by atoms with Gasteiger partial charge in [0.2, 0.25) is 5.91 Å². The summed E-state index contributed by atoms with van der Waals surface area (Å²) in [4.78, 5) is 12.0. The van der Waals surface area contributed by atoms with Gasteiger partial charge < -0.3 is 5.32 Å². The molecule has 7 heteroatoms. The number of carbonyl (C=O) groups is 1. The van der Waals surface area contributed by atoms with Gasteiger partial charge in [-0.15, -0.1) is 10.2 Å². The van der Waals surface area contributed by atoms with Crippen LogP contribution in [0.3, 0.4) is 0 Å². The van der Waals surface area contributed by atoms with E-state index in [2.05, 4.69) is 15.5 Å². The first-order valence-electron chi connectivity index (χ1n) is 7.82. The third-order valence-electron chi connectivity index (χ3n) is 3.54. The number of nitrogens with zero attached hydrogens (tertiary/aromatic N) is 3. The summed E-state index contributed by atoms with van der Waals surface area (Å²) in [6.45, 7) is 0.573. The normalized spacial score (nSPS) is 10.6. The zero-order valence-electron chi connectivity index (χ0n) is 13.4. The van der Waals surface area contributed by atoms with Crippen LogP contribution in [0.1, 0.15) is 5.56 Å². The van der Waals surface area contributed by atoms with Gasteiger partial charge in [0.15, 0.2) is 5.16 Å². The number of nitrogens with one attached hydrogen (secondary N) is 1. The van der Waals surface area contributed by atoms with Crippen LogP contribution >= 0.6 is 11.8 Å². The standard InChI is InChI=1S/C18H17FN4OS/c19-15-8-4-5-9-16(15)23-13-21-22-18(23)25-12-17(24)20-11-10-14-6-2-1-3-7-14/h1-9,13H,10-12H2,(H,20,24). The molecule has 128 valence electrons. The summed E-state index contributed by atoms with van der Waals surface area (Å²) < 4.78 is 15.4. The van der Waals surface area contributed by atoms with E-state index in [0.29, 0.717) is 17.4 Å². The molecule has 0 fully saturated rings. The van der Waals surface area contributed by atoms with Crippen molar-refractivity contribution in [3.8, 4) is 5.69 Å². The molecule has 0 spiro atoms. The third kappa shape index (κ3) is 4.67. The molecule has 3 aromatic rings. The Bertz CT molecular complexity index is 838. The van der Waals surface area contributed by atoms with E-state index in [0.717, 1.165) is 6.42 Å². The van der Waals surface area contributed by atoms with Gasteiger partial charge >= 0.3 is 0 Å². The fourth-order valence-electron chi connectivity index (χ4n) is 2.31. The first kappa shape index (κ1) is 17.2. The SMILES string of the molecule is O=C(CSc1nncn1-c1ccccc1F)NCCc1ccccc1. The molecule has 0 unspecified atom stereocenters. The molecule has 1 aromatic heterocycles. The van der Waals surface area contributed by atoms with Crippen molar-refractivity contribution in [3.05, 3.63) is 72.3 Å². The molecule has 0 saturated carbocycles. The minimum absolute atomic E-state index is 0.0935. The molecule has 1 N–H and O–H groups in total. The quantitative estimate of drug-likeness (QED) is 0.662. The summed E-state index contributed by atoms with van der Waals surface area (Å²) in [5.41, 5.74) is 1.54. The molecule has 2 aromatic carbocycles. The molecule has 1 heterocycles. The van der Waals surface area contributed by atoms with Crippen molar-refractivity contribution in [2.75, 3.05) is 12.3 Å². The van der Waals surface area contributed by atoms with Gasteiger partial charge in [-0.2, -0.15) is 0 Å². The molecule has 0 aliphatic heterocycles. The number of hydrogen-bond acceptors (Lipinski definition) is 4. The summed E-state index contributed by atoms with van der Waals surface area (Å²) in [6.07, 6.45) is 2.22. The molecule has 0 atom stereocenters. The monoisotopic (exact) mass is 356 g/mol. The average Bonchev–Trinajstić information content (AvgIpc) is 3.10. The van der Waals surface area contributed by atoms with Crippen LogP contribution in [-0.4, -0.2) is 33.0 Å². The van der Waals surface area contributed by atoms with E-state index in [1.165, 1.54) is 34.3 Å². The average molecular weight is 356 g/mol. The van der Waals surface area contributed by atoms with E-state index in [1.807, 2.05) is 30.3 Å². The molecule has 1 amide bonds. The Morgan fingerprint density at radius 3 is 2.68 bits per heavy atom. The topological polar surface area (TPSA) is 59.8 Å². The number of hydrogen-bond donors (Lipinski definition) is 1. The van der Waals surface area contributed by atoms with Crippen molar-refractivity contribution in [1.82, 2.24) is 20.1 Å². The van der Waals surface area contributed by atoms with Crippen molar-refractivity contribution >= 4 is 17.7 Å². The lowest BCUT2D eigenvalue weighted by molar-refractivity contribution is -0.118. The van der Waals surface area contributed by atoms with Gasteiger partial charge in [-0.05, 0) is 24.1 Å². The molecule has 5 nitrogen and oxygen atoms in total. The number of amides is 1. The second-order valence-electron chi connectivity index (χ2n) is 5.31. The lowest BCUT2D eigenvalue weighted by Crippen LogP contribution is -2.27. The highest BCUT2D eigenvalue weighted by molar-refractivity contribution is 7.99. The third-order valence-corrected chi connectivity index (χ3v) is 4.48. The van der Waals surface area contributed by atoms with E-state index in [1.54, 1.807) is 18.2 Å². The lowest BCUT2D eigenvalue weighted by atomic mass is 10.1. The van der Waals surface area contributed by atoms with Gasteiger partial charge in [-0.1, -0.05) is 54.2 Å². The fourth-order valence-corrected chi connectivity index (χ4v) is 3.06. The molecular weight excluding hydrogens is 339 g/mol. The maximum absolute atomic E-state index is 13.9. The van der Waals surface area contributed by atoms with Gasteiger partial charge in [0.1, 0.15) is 12.1 Å². The molecule has 0 bridgehead atoms. The Hall–Kier alpha value is -2.67. The predicted octanol–water partition coefficient (Wildman–Crippen LogP) is 2.86. The van der Waals surface area contributed by atoms with Crippen molar-refractivity contribution in [2.45, 2.75) is 11.6 Å². The van der Waals surface area contributed by atoms with Crippen molar-refractivity contribution in [3.63, 3.8) is 0 Å². The first-order chi connectivity index (χ1) is 12.2. The number of carbonyl (C=O) groups excluding carboxylic acids is 1. The van der Waals surface area contributed by atoms with Crippen LogP contribution in [-0.2, 0) is 11.2 Å². The zero-order valence-corrected chi connectivity index (χ0v) is 14.2. The number of thioether (sulfide) groups is 1. The predicted molar refractivity (Wildman–Crippen MR) is 95.2 cm³/mol. The Balaban J connectivity index is 1.52. The Labute approximate surface area is 149 Å². The Morgan fingerprint density at radius 2 is 1.88 bits per heavy atom. The molecular formula is C18H17FN4OS. The molecule has 3 rings (SSSR count). The number of aromatic nitrogens is 3. The summed E-state index contributed by atoms with van der Waals surface area (Å²) in [6, 6.07) is 16.3. The Morgan fingerprint density at radius 1 is 1.12 bits per heavy atom. The maximum atomic E-state index is 13.9. The summed E-state index contributed by atoms with van der Waals surface area (Å²) >= 11 is 1.22. The van der Waals surface area contributed by atoms with Gasteiger partial charge in [0.25, 0.3) is 0 Å². The van der Waals surface area contributed by atoms with Gasteiger partial charge in [0.05, 0.1) is 11.4 Å². The Kier molecular flexibility index (Phi) is 5.79. The van der Waals surface area contributed by atoms with E-state index >= 15 is 0 Å². The van der Waals surface area contributed by atoms with Crippen LogP contribution in [0.25, 0.3) is 5.69 Å². The van der Waals surface area contributed by atoms with Crippen LogP contribution in [0, 0.1) is 5.82 Å². The van der Waals surface area contributed by atoms with Crippen LogP contribution in [0.5, 0.6) is 0 Å². The van der Waals surface area contributed by atoms with Crippen molar-refractivity contribution in [2.24, 2.45) is 0 Å². The second kappa shape index (κ2) is 8.43. The van der Waals surface area contributed by atoms with Crippen molar-refractivity contribution < 1.29 is 9.18 Å². The van der Waals surface area contributed by atoms with E-state index in [-0.39, 0.29) is 17.5 Å². The molecule has 0 aliphatic rings. The summed E-state index contributed by atoms with van der Waals surface area (Å²) in [5.74, 6) is -0.262. The van der Waals surface area contributed by atoms with Crippen LogP contribution in [0.15, 0.2) is 66.1 Å². The summed E-state index contributed by atoms with van der Waals surface area (Å²) in [7, 11) is 0. The largest absolute Gasteiger partial charge is 0.355 e. The molecule has 25 heavy (non-hydrogen) atoms. The highest BCUT2D eigenvalue weighted by Crippen LogP contribution is 2.21. The van der Waals surface area contributed by atoms with Crippen LogP contribution in [0.4, 0.5) is 4.39 Å². The van der Waals surface area contributed by atoms with Crippen molar-refractivity contribution in [1.29, 1.82) is 0 Å². The van der Waals surface area contributed by atoms with Gasteiger partial charge in [-0.25, -0.2) is 4.39 Å². The van der Waals surface area contributed by atoms with Crippen LogP contribution < -0.4 is 5.32 Å². The highest BCUT2D eigenvalue weighted by atomic mass is 32.2. The minimum Gasteiger partial charge on any atom is -0.355 e. The minimum atomic E-state index is -0.364. The lowest BCUT2D eigenvalue weighted by Gasteiger charge is -2.08. The van der Waals surface area contributed by atoms with E-state index in [9.17, 15) is 9.18 Å². The number of benzene rings is 2. The maximum Gasteiger partial charge on any atom is 0.230 e. The molecule has 0 aliphatic carbocycles. The summed E-state index contributed by atoms with van der Waals surface area (Å²) in [5, 5.41) is 11.1. The smallest absolute Gasteiger partial charge is 0.230 e.